The molecule has 9 nitrogen and oxygen atoms in total. The molecule has 0 spiro atoms. The second-order valence-electron chi connectivity index (χ2n) is 6.64. The van der Waals surface area contributed by atoms with E-state index < -0.39 is 47.9 Å². The maximum atomic E-state index is 12.4. The summed E-state index contributed by atoms with van der Waals surface area (Å²) >= 11 is 0. The van der Waals surface area contributed by atoms with Gasteiger partial charge in [0.05, 0.1) is 12.1 Å². The molecule has 0 rings (SSSR count). The minimum Gasteiger partial charge on any atom is -0.390 e. The zero-order valence-electron chi connectivity index (χ0n) is 17.5. The SMILES string of the molecule is [2H]N[C@H](C)C(=O)N[C@H](C(=O)OC(=O)[C@@H](NC(=O)[C@@H](C)N[2H])C(C)C)C(C)C. The molecule has 9 heteroatoms. The van der Waals surface area contributed by atoms with Crippen LogP contribution >= 0.6 is 0 Å². The smallest absolute Gasteiger partial charge is 0.336 e. The van der Waals surface area contributed by atoms with Crippen LogP contribution in [0.3, 0.4) is 0 Å². The number of hydrogen-bond acceptors (Lipinski definition) is 7. The Morgan fingerprint density at radius 3 is 1.32 bits per heavy atom. The summed E-state index contributed by atoms with van der Waals surface area (Å²) in [6.07, 6.45) is 0. The van der Waals surface area contributed by atoms with Gasteiger partial charge in [-0.3, -0.25) is 9.59 Å². The number of nitrogens with two attached hydrogens (primary N) is 2. The van der Waals surface area contributed by atoms with Gasteiger partial charge in [0.25, 0.3) is 0 Å². The van der Waals surface area contributed by atoms with Crippen molar-refractivity contribution in [1.29, 1.82) is 0 Å². The molecule has 0 aromatic rings. The van der Waals surface area contributed by atoms with Gasteiger partial charge >= 0.3 is 11.9 Å². The molecule has 0 aliphatic rings. The largest absolute Gasteiger partial charge is 0.390 e. The third kappa shape index (κ3) is 7.61. The van der Waals surface area contributed by atoms with Gasteiger partial charge < -0.3 is 26.8 Å². The molecule has 0 saturated heterocycles. The summed E-state index contributed by atoms with van der Waals surface area (Å²) in [7, 11) is 0. The van der Waals surface area contributed by atoms with Crippen molar-refractivity contribution in [1.82, 2.24) is 10.6 Å². The Kier molecular flexibility index (Phi) is 7.80. The van der Waals surface area contributed by atoms with Gasteiger partial charge in [-0.2, -0.15) is 0 Å². The topological polar surface area (TPSA) is 154 Å². The van der Waals surface area contributed by atoms with E-state index in [1.807, 2.05) is 11.5 Å². The van der Waals surface area contributed by atoms with Crippen LogP contribution in [-0.4, -0.2) is 47.9 Å². The molecule has 0 aromatic carbocycles. The molecule has 0 fully saturated rings. The van der Waals surface area contributed by atoms with Crippen molar-refractivity contribution in [2.24, 2.45) is 23.3 Å². The highest BCUT2D eigenvalue weighted by molar-refractivity contribution is 5.95. The minimum atomic E-state index is -1.09. The van der Waals surface area contributed by atoms with Gasteiger partial charge in [0, 0.05) is 0 Å². The van der Waals surface area contributed by atoms with Crippen LogP contribution in [0.25, 0.3) is 0 Å². The van der Waals surface area contributed by atoms with E-state index in [1.165, 1.54) is 13.8 Å². The molecule has 0 unspecified atom stereocenters. The lowest BCUT2D eigenvalue weighted by molar-refractivity contribution is -0.165. The number of hydrogen-bond donors (Lipinski definition) is 4. The molecule has 0 aromatic heterocycles. The normalized spacial score (nSPS) is 17.0. The van der Waals surface area contributed by atoms with E-state index in [-0.39, 0.29) is 11.8 Å². The summed E-state index contributed by atoms with van der Waals surface area (Å²) in [6, 6.07) is -3.88. The van der Waals surface area contributed by atoms with E-state index in [2.05, 4.69) is 10.6 Å². The Morgan fingerprint density at radius 1 is 0.760 bits per heavy atom. The van der Waals surface area contributed by atoms with Crippen LogP contribution in [0.5, 0.6) is 0 Å². The maximum absolute atomic E-state index is 12.4. The van der Waals surface area contributed by atoms with E-state index >= 15 is 0 Å². The van der Waals surface area contributed by atoms with Crippen molar-refractivity contribution in [2.75, 3.05) is 0 Å². The fourth-order valence-corrected chi connectivity index (χ4v) is 1.78. The quantitative estimate of drug-likeness (QED) is 0.289. The zero-order chi connectivity index (χ0) is 21.3. The molecule has 25 heavy (non-hydrogen) atoms. The van der Waals surface area contributed by atoms with Gasteiger partial charge in [0.15, 0.2) is 0 Å². The summed E-state index contributed by atoms with van der Waals surface area (Å²) in [4.78, 5) is 48.5. The molecule has 2 amide bonds. The average Bonchev–Trinajstić information content (AvgIpc) is 2.60. The van der Waals surface area contributed by atoms with Crippen molar-refractivity contribution in [3.8, 4) is 0 Å². The first-order valence-corrected chi connectivity index (χ1v) is 8.16. The second-order valence-corrected chi connectivity index (χ2v) is 6.64. The summed E-state index contributed by atoms with van der Waals surface area (Å²) in [5.74, 6) is -3.81. The van der Waals surface area contributed by atoms with E-state index in [4.69, 9.17) is 7.56 Å². The van der Waals surface area contributed by atoms with Gasteiger partial charge in [-0.05, 0) is 25.7 Å². The van der Waals surface area contributed by atoms with Crippen LogP contribution in [-0.2, 0) is 23.9 Å². The average molecular weight is 360 g/mol. The van der Waals surface area contributed by atoms with Crippen molar-refractivity contribution >= 4 is 23.8 Å². The third-order valence-corrected chi connectivity index (χ3v) is 3.42. The molecule has 144 valence electrons. The van der Waals surface area contributed by atoms with Crippen LogP contribution in [0.15, 0.2) is 0 Å². The minimum absolute atomic E-state index is 0.369. The fraction of sp³-hybridized carbons (Fsp3) is 0.750. The highest BCUT2D eigenvalue weighted by atomic mass is 16.6. The van der Waals surface area contributed by atoms with Crippen molar-refractivity contribution < 1.29 is 26.7 Å². The molecule has 0 aliphatic carbocycles. The van der Waals surface area contributed by atoms with Gasteiger partial charge in [0.2, 0.25) is 11.8 Å². The van der Waals surface area contributed by atoms with E-state index in [0.29, 0.717) is 0 Å². The Balaban J connectivity index is 5.14. The number of nitrogens with one attached hydrogen (secondary N) is 2. The Labute approximate surface area is 151 Å². The molecule has 0 heterocycles. The Morgan fingerprint density at radius 2 is 1.08 bits per heavy atom. The van der Waals surface area contributed by atoms with E-state index in [9.17, 15) is 19.2 Å². The molecule has 0 saturated carbocycles. The van der Waals surface area contributed by atoms with Crippen molar-refractivity contribution in [2.45, 2.75) is 65.7 Å². The first-order valence-electron chi connectivity index (χ1n) is 9.16. The lowest BCUT2D eigenvalue weighted by atomic mass is 10.0. The molecule has 0 radical (unpaired) electrons. The molecular weight excluding hydrogens is 328 g/mol. The Bertz CT molecular complexity index is 499. The second kappa shape index (κ2) is 10.1. The molecule has 6 N–H and O–H groups in total. The predicted octanol–water partition coefficient (Wildman–Crippen LogP) is -0.968. The number of esters is 2. The van der Waals surface area contributed by atoms with Gasteiger partial charge in [-0.1, -0.05) is 27.7 Å². The molecule has 4 atom stereocenters. The van der Waals surface area contributed by atoms with Gasteiger partial charge in [0.1, 0.15) is 14.9 Å². The van der Waals surface area contributed by atoms with Gasteiger partial charge in [-0.25, -0.2) is 9.59 Å². The first kappa shape index (κ1) is 19.3. The number of carbonyl (C=O) groups excluding carboxylic acids is 4. The number of ether oxygens (including phenoxy) is 1. The number of rotatable bonds is 10. The summed E-state index contributed by atoms with van der Waals surface area (Å²) in [5.41, 5.74) is 4.02. The number of amides is 2. The van der Waals surface area contributed by atoms with Crippen LogP contribution in [0.4, 0.5) is 0 Å². The summed E-state index contributed by atoms with van der Waals surface area (Å²) in [6.45, 7) is 9.55. The van der Waals surface area contributed by atoms with Gasteiger partial charge in [-0.15, -0.1) is 0 Å². The van der Waals surface area contributed by atoms with Crippen LogP contribution in [0, 0.1) is 11.8 Å². The standard InChI is InChI=1S/C16H30N4O5/c1-7(2)11(19-13(21)9(5)17)15(23)25-16(24)12(8(3)4)20-14(22)10(6)18/h7-12H,17-18H2,1-6H3,(H,19,21)(H,20,22)/t9-,10-,11+,12+/m1/s1/i/hD2. The fourth-order valence-electron chi connectivity index (χ4n) is 1.78. The number of carbonyl (C=O) groups is 4. The summed E-state index contributed by atoms with van der Waals surface area (Å²) in [5, 5.41) is 4.88. The summed E-state index contributed by atoms with van der Waals surface area (Å²) < 4.78 is 18.9. The zero-order valence-corrected chi connectivity index (χ0v) is 15.5. The van der Waals surface area contributed by atoms with Crippen LogP contribution < -0.4 is 22.1 Å². The molecule has 0 aliphatic heterocycles. The van der Waals surface area contributed by atoms with Crippen molar-refractivity contribution in [3.63, 3.8) is 0 Å². The highest BCUT2D eigenvalue weighted by Crippen LogP contribution is 2.09. The van der Waals surface area contributed by atoms with E-state index in [0.717, 1.165) is 0 Å². The molecule has 0 bridgehead atoms. The van der Waals surface area contributed by atoms with Crippen LogP contribution in [0.2, 0.25) is 2.82 Å². The predicted molar refractivity (Wildman–Crippen MR) is 91.9 cm³/mol. The van der Waals surface area contributed by atoms with Crippen LogP contribution in [0.1, 0.15) is 41.5 Å². The Hall–Kier alpha value is -2.00. The monoisotopic (exact) mass is 360 g/mol. The maximum Gasteiger partial charge on any atom is 0.336 e. The third-order valence-electron chi connectivity index (χ3n) is 3.42. The lowest BCUT2D eigenvalue weighted by Gasteiger charge is -2.24. The highest BCUT2D eigenvalue weighted by Gasteiger charge is 2.33. The molecular formula is C16H30N4O5. The van der Waals surface area contributed by atoms with E-state index in [1.54, 1.807) is 27.7 Å². The lowest BCUT2D eigenvalue weighted by Crippen LogP contribution is -2.53. The van der Waals surface area contributed by atoms with Crippen molar-refractivity contribution in [3.05, 3.63) is 0 Å². The first-order chi connectivity index (χ1) is 12.5.